The second kappa shape index (κ2) is 6.23. The Labute approximate surface area is 122 Å². The van der Waals surface area contributed by atoms with Crippen molar-refractivity contribution < 1.29 is 0 Å². The molecule has 0 spiro atoms. The Morgan fingerprint density at radius 2 is 1.50 bits per heavy atom. The molecule has 1 aliphatic rings. The largest absolute Gasteiger partial charge is 0.314 e. The van der Waals surface area contributed by atoms with E-state index in [4.69, 9.17) is 0 Å². The molecular weight excluding hydrogens is 242 g/mol. The van der Waals surface area contributed by atoms with Crippen LogP contribution in [-0.2, 0) is 0 Å². The maximum absolute atomic E-state index is 3.68. The molecule has 0 radical (unpaired) electrons. The van der Waals surface area contributed by atoms with E-state index >= 15 is 0 Å². The standard InChI is InChI=1S/C19H23N/c1-15-12-13-20-19(15)14-18(16-8-4-2-5-9-16)17-10-6-3-7-11-17/h2-11,15,18-20H,12-14H2,1H3. The smallest absolute Gasteiger partial charge is 0.0104 e. The van der Waals surface area contributed by atoms with Gasteiger partial charge in [0, 0.05) is 12.0 Å². The van der Waals surface area contributed by atoms with E-state index in [1.165, 1.54) is 30.5 Å². The SMILES string of the molecule is CC1CCNC1CC(c1ccccc1)c1ccccc1. The Morgan fingerprint density at radius 3 is 1.95 bits per heavy atom. The van der Waals surface area contributed by atoms with Crippen molar-refractivity contribution in [3.05, 3.63) is 71.8 Å². The van der Waals surface area contributed by atoms with Gasteiger partial charge in [-0.15, -0.1) is 0 Å². The highest BCUT2D eigenvalue weighted by molar-refractivity contribution is 5.32. The van der Waals surface area contributed by atoms with Crippen molar-refractivity contribution in [2.24, 2.45) is 5.92 Å². The number of nitrogens with one attached hydrogen (secondary N) is 1. The molecule has 20 heavy (non-hydrogen) atoms. The highest BCUT2D eigenvalue weighted by Gasteiger charge is 2.27. The summed E-state index contributed by atoms with van der Waals surface area (Å²) in [7, 11) is 0. The first-order valence-electron chi connectivity index (χ1n) is 7.68. The van der Waals surface area contributed by atoms with Gasteiger partial charge in [0.25, 0.3) is 0 Å². The highest BCUT2D eigenvalue weighted by atomic mass is 14.9. The molecule has 1 N–H and O–H groups in total. The summed E-state index contributed by atoms with van der Waals surface area (Å²) in [6, 6.07) is 22.5. The van der Waals surface area contributed by atoms with Crippen LogP contribution in [0.1, 0.15) is 36.8 Å². The first kappa shape index (κ1) is 13.4. The summed E-state index contributed by atoms with van der Waals surface area (Å²) in [6.07, 6.45) is 2.50. The minimum absolute atomic E-state index is 0.496. The average Bonchev–Trinajstić information content (AvgIpc) is 2.92. The van der Waals surface area contributed by atoms with Crippen LogP contribution < -0.4 is 5.32 Å². The third-order valence-corrected chi connectivity index (χ3v) is 4.59. The number of hydrogen-bond acceptors (Lipinski definition) is 1. The van der Waals surface area contributed by atoms with Crippen molar-refractivity contribution in [1.29, 1.82) is 0 Å². The van der Waals surface area contributed by atoms with Gasteiger partial charge in [-0.1, -0.05) is 67.6 Å². The van der Waals surface area contributed by atoms with Crippen LogP contribution in [0.5, 0.6) is 0 Å². The highest BCUT2D eigenvalue weighted by Crippen LogP contribution is 2.32. The van der Waals surface area contributed by atoms with Gasteiger partial charge in [-0.25, -0.2) is 0 Å². The van der Waals surface area contributed by atoms with Crippen LogP contribution in [-0.4, -0.2) is 12.6 Å². The van der Waals surface area contributed by atoms with Gasteiger partial charge in [-0.3, -0.25) is 0 Å². The van der Waals surface area contributed by atoms with Crippen molar-refractivity contribution in [2.45, 2.75) is 31.7 Å². The van der Waals surface area contributed by atoms with Gasteiger partial charge in [0.1, 0.15) is 0 Å². The van der Waals surface area contributed by atoms with E-state index in [1.807, 2.05) is 0 Å². The van der Waals surface area contributed by atoms with Crippen LogP contribution in [0.15, 0.2) is 60.7 Å². The lowest BCUT2D eigenvalue weighted by Crippen LogP contribution is -2.28. The monoisotopic (exact) mass is 265 g/mol. The van der Waals surface area contributed by atoms with Crippen molar-refractivity contribution in [2.75, 3.05) is 6.54 Å². The predicted octanol–water partition coefficient (Wildman–Crippen LogP) is 4.21. The summed E-state index contributed by atoms with van der Waals surface area (Å²) in [5.41, 5.74) is 2.86. The molecule has 1 fully saturated rings. The number of hydrogen-bond donors (Lipinski definition) is 1. The minimum Gasteiger partial charge on any atom is -0.314 e. The van der Waals surface area contributed by atoms with Gasteiger partial charge in [0.15, 0.2) is 0 Å². The van der Waals surface area contributed by atoms with Crippen LogP contribution in [0.3, 0.4) is 0 Å². The van der Waals surface area contributed by atoms with Gasteiger partial charge in [-0.05, 0) is 36.4 Å². The van der Waals surface area contributed by atoms with Crippen molar-refractivity contribution in [3.63, 3.8) is 0 Å². The number of rotatable bonds is 4. The fourth-order valence-corrected chi connectivity index (χ4v) is 3.30. The Kier molecular flexibility index (Phi) is 4.17. The molecule has 2 aromatic rings. The minimum atomic E-state index is 0.496. The second-order valence-corrected chi connectivity index (χ2v) is 5.94. The zero-order valence-electron chi connectivity index (χ0n) is 12.1. The Hall–Kier alpha value is -1.60. The summed E-state index contributed by atoms with van der Waals surface area (Å²) in [5.74, 6) is 1.28. The molecule has 1 saturated heterocycles. The van der Waals surface area contributed by atoms with E-state index < -0.39 is 0 Å². The van der Waals surface area contributed by atoms with E-state index in [2.05, 4.69) is 72.9 Å². The molecule has 0 amide bonds. The van der Waals surface area contributed by atoms with Crippen molar-refractivity contribution in [3.8, 4) is 0 Å². The van der Waals surface area contributed by atoms with E-state index in [9.17, 15) is 0 Å². The molecule has 1 heterocycles. The molecule has 1 aliphatic heterocycles. The van der Waals surface area contributed by atoms with Gasteiger partial charge in [0.2, 0.25) is 0 Å². The summed E-state index contributed by atoms with van der Waals surface area (Å²) < 4.78 is 0. The first-order valence-corrected chi connectivity index (χ1v) is 7.68. The van der Waals surface area contributed by atoms with E-state index in [0.717, 1.165) is 5.92 Å². The van der Waals surface area contributed by atoms with Crippen LogP contribution >= 0.6 is 0 Å². The molecule has 3 rings (SSSR count). The molecule has 2 unspecified atom stereocenters. The third kappa shape index (κ3) is 2.94. The molecule has 0 bridgehead atoms. The second-order valence-electron chi connectivity index (χ2n) is 5.94. The van der Waals surface area contributed by atoms with E-state index in [1.54, 1.807) is 0 Å². The molecule has 0 saturated carbocycles. The molecule has 104 valence electrons. The number of benzene rings is 2. The Balaban J connectivity index is 1.88. The zero-order valence-corrected chi connectivity index (χ0v) is 12.1. The molecule has 2 aromatic carbocycles. The van der Waals surface area contributed by atoms with Gasteiger partial charge in [0.05, 0.1) is 0 Å². The molecule has 2 atom stereocenters. The van der Waals surface area contributed by atoms with Gasteiger partial charge in [-0.2, -0.15) is 0 Å². The molecule has 0 aromatic heterocycles. The lowest BCUT2D eigenvalue weighted by molar-refractivity contribution is 0.434. The Bertz CT molecular complexity index is 480. The van der Waals surface area contributed by atoms with Crippen molar-refractivity contribution in [1.82, 2.24) is 5.32 Å². The van der Waals surface area contributed by atoms with Crippen LogP contribution in [0, 0.1) is 5.92 Å². The first-order chi connectivity index (χ1) is 9.84. The molecule has 1 nitrogen and oxygen atoms in total. The normalized spacial score (nSPS) is 22.3. The topological polar surface area (TPSA) is 12.0 Å². The summed E-state index contributed by atoms with van der Waals surface area (Å²) in [4.78, 5) is 0. The Morgan fingerprint density at radius 1 is 0.950 bits per heavy atom. The summed E-state index contributed by atoms with van der Waals surface area (Å²) in [6.45, 7) is 3.54. The molecule has 0 aliphatic carbocycles. The lowest BCUT2D eigenvalue weighted by Gasteiger charge is -2.24. The molecule has 1 heteroatoms. The van der Waals surface area contributed by atoms with Gasteiger partial charge >= 0.3 is 0 Å². The van der Waals surface area contributed by atoms with E-state index in [-0.39, 0.29) is 0 Å². The van der Waals surface area contributed by atoms with Crippen LogP contribution in [0.4, 0.5) is 0 Å². The lowest BCUT2D eigenvalue weighted by atomic mass is 9.83. The van der Waals surface area contributed by atoms with Crippen molar-refractivity contribution >= 4 is 0 Å². The quantitative estimate of drug-likeness (QED) is 0.873. The third-order valence-electron chi connectivity index (χ3n) is 4.59. The fourth-order valence-electron chi connectivity index (χ4n) is 3.30. The maximum atomic E-state index is 3.68. The van der Waals surface area contributed by atoms with Crippen LogP contribution in [0.25, 0.3) is 0 Å². The fraction of sp³-hybridized carbons (Fsp3) is 0.368. The van der Waals surface area contributed by atoms with E-state index in [0.29, 0.717) is 12.0 Å². The average molecular weight is 265 g/mol. The summed E-state index contributed by atoms with van der Waals surface area (Å²) in [5, 5.41) is 3.68. The van der Waals surface area contributed by atoms with Gasteiger partial charge < -0.3 is 5.32 Å². The van der Waals surface area contributed by atoms with Crippen LogP contribution in [0.2, 0.25) is 0 Å². The molecular formula is C19H23N. The predicted molar refractivity (Wildman–Crippen MR) is 84.9 cm³/mol. The zero-order chi connectivity index (χ0) is 13.8. The maximum Gasteiger partial charge on any atom is 0.0104 e. The summed E-state index contributed by atoms with van der Waals surface area (Å²) >= 11 is 0.